The summed E-state index contributed by atoms with van der Waals surface area (Å²) in [7, 11) is -3.49. The maximum Gasteiger partial charge on any atom is 0.240 e. The molecule has 0 radical (unpaired) electrons. The fourth-order valence-corrected chi connectivity index (χ4v) is 3.41. The van der Waals surface area contributed by atoms with Crippen LogP contribution in [0.15, 0.2) is 52.2 Å². The van der Waals surface area contributed by atoms with Crippen LogP contribution in [0.5, 0.6) is 0 Å². The van der Waals surface area contributed by atoms with Gasteiger partial charge in [-0.05, 0) is 48.6 Å². The minimum Gasteiger partial charge on any atom is -0.472 e. The smallest absolute Gasteiger partial charge is 0.240 e. The monoisotopic (exact) mass is 307 g/mol. The van der Waals surface area contributed by atoms with Crippen LogP contribution in [0.4, 0.5) is 0 Å². The van der Waals surface area contributed by atoms with Gasteiger partial charge in [0.1, 0.15) is 0 Å². The van der Waals surface area contributed by atoms with E-state index in [-0.39, 0.29) is 6.04 Å². The van der Waals surface area contributed by atoms with Gasteiger partial charge in [-0.3, -0.25) is 0 Å². The molecule has 1 atom stereocenters. The minimum absolute atomic E-state index is 0.197. The van der Waals surface area contributed by atoms with Gasteiger partial charge in [-0.2, -0.15) is 0 Å². The summed E-state index contributed by atoms with van der Waals surface area (Å²) >= 11 is 0. The van der Waals surface area contributed by atoms with Crippen LogP contribution in [-0.2, 0) is 16.4 Å². The van der Waals surface area contributed by atoms with Crippen molar-refractivity contribution in [1.82, 2.24) is 4.72 Å². The van der Waals surface area contributed by atoms with Crippen LogP contribution in [0, 0.1) is 0 Å². The summed E-state index contributed by atoms with van der Waals surface area (Å²) in [4.78, 5) is 0.297. The lowest BCUT2D eigenvalue weighted by atomic mass is 10.0. The lowest BCUT2D eigenvalue weighted by molar-refractivity contribution is 0.549. The first-order chi connectivity index (χ1) is 9.88. The molecule has 0 aliphatic rings. The molecule has 0 fully saturated rings. The third-order valence-corrected chi connectivity index (χ3v) is 4.94. The summed E-state index contributed by atoms with van der Waals surface area (Å²) in [5, 5.41) is 0. The van der Waals surface area contributed by atoms with Gasteiger partial charge in [0.2, 0.25) is 10.0 Å². The zero-order valence-corrected chi connectivity index (χ0v) is 13.4. The van der Waals surface area contributed by atoms with E-state index < -0.39 is 10.0 Å². The van der Waals surface area contributed by atoms with E-state index in [4.69, 9.17) is 4.42 Å². The van der Waals surface area contributed by atoms with Crippen molar-refractivity contribution >= 4 is 10.0 Å². The molecule has 0 saturated carbocycles. The maximum atomic E-state index is 12.3. The average molecular weight is 307 g/mol. The van der Waals surface area contributed by atoms with E-state index in [1.165, 1.54) is 0 Å². The number of hydrogen-bond donors (Lipinski definition) is 1. The molecule has 5 heteroatoms. The lowest BCUT2D eigenvalue weighted by Crippen LogP contribution is -2.34. The Morgan fingerprint density at radius 2 is 1.76 bits per heavy atom. The van der Waals surface area contributed by atoms with Crippen molar-refractivity contribution in [2.24, 2.45) is 0 Å². The van der Waals surface area contributed by atoms with Gasteiger partial charge in [0.25, 0.3) is 0 Å². The number of furan rings is 1. The topological polar surface area (TPSA) is 59.3 Å². The summed E-state index contributed by atoms with van der Waals surface area (Å²) < 4.78 is 32.3. The number of hydrogen-bond acceptors (Lipinski definition) is 3. The van der Waals surface area contributed by atoms with Gasteiger partial charge in [-0.25, -0.2) is 13.1 Å². The van der Waals surface area contributed by atoms with Crippen molar-refractivity contribution in [3.63, 3.8) is 0 Å². The molecule has 1 heterocycles. The summed E-state index contributed by atoms with van der Waals surface area (Å²) in [5.74, 6) is 0.384. The summed E-state index contributed by atoms with van der Waals surface area (Å²) in [6.45, 7) is 6.00. The fraction of sp³-hybridized carbons (Fsp3) is 0.375. The van der Waals surface area contributed by atoms with E-state index in [9.17, 15) is 8.42 Å². The first-order valence-electron chi connectivity index (χ1n) is 7.02. The largest absolute Gasteiger partial charge is 0.472 e. The van der Waals surface area contributed by atoms with Gasteiger partial charge in [-0.1, -0.05) is 26.0 Å². The quantitative estimate of drug-likeness (QED) is 0.890. The second-order valence-electron chi connectivity index (χ2n) is 5.58. The van der Waals surface area contributed by atoms with E-state index in [1.807, 2.05) is 25.1 Å². The van der Waals surface area contributed by atoms with E-state index in [2.05, 4.69) is 18.6 Å². The molecule has 1 aromatic carbocycles. The van der Waals surface area contributed by atoms with Crippen molar-refractivity contribution in [3.05, 3.63) is 54.0 Å². The van der Waals surface area contributed by atoms with E-state index >= 15 is 0 Å². The molecule has 1 N–H and O–H groups in total. The number of rotatable bonds is 6. The molecule has 0 bridgehead atoms. The molecule has 1 unspecified atom stereocenters. The molecule has 0 amide bonds. The number of sulfonamides is 1. The second kappa shape index (κ2) is 6.45. The Balaban J connectivity index is 2.07. The summed E-state index contributed by atoms with van der Waals surface area (Å²) in [6, 6.07) is 8.67. The molecule has 0 spiro atoms. The van der Waals surface area contributed by atoms with Gasteiger partial charge >= 0.3 is 0 Å². The van der Waals surface area contributed by atoms with Crippen LogP contribution in [0.2, 0.25) is 0 Å². The predicted molar refractivity (Wildman–Crippen MR) is 82.7 cm³/mol. The normalized spacial score (nSPS) is 13.5. The molecule has 0 aliphatic heterocycles. The standard InChI is InChI=1S/C16H21NO3S/c1-12(2)15-4-6-16(7-5-15)21(18,19)17-13(3)10-14-8-9-20-11-14/h4-9,11-13,17H,10H2,1-3H3. The van der Waals surface area contributed by atoms with Gasteiger partial charge in [-0.15, -0.1) is 0 Å². The van der Waals surface area contributed by atoms with Gasteiger partial charge in [0.15, 0.2) is 0 Å². The van der Waals surface area contributed by atoms with Gasteiger partial charge in [0, 0.05) is 6.04 Å². The van der Waals surface area contributed by atoms with Crippen LogP contribution in [0.25, 0.3) is 0 Å². The average Bonchev–Trinajstić information content (AvgIpc) is 2.90. The van der Waals surface area contributed by atoms with Crippen LogP contribution >= 0.6 is 0 Å². The first-order valence-corrected chi connectivity index (χ1v) is 8.50. The van der Waals surface area contributed by atoms with Gasteiger partial charge < -0.3 is 4.42 Å². The van der Waals surface area contributed by atoms with Crippen LogP contribution in [-0.4, -0.2) is 14.5 Å². The Kier molecular flexibility index (Phi) is 4.85. The molecule has 0 saturated heterocycles. The van der Waals surface area contributed by atoms with Crippen molar-refractivity contribution in [1.29, 1.82) is 0 Å². The van der Waals surface area contributed by atoms with Crippen molar-refractivity contribution in [2.75, 3.05) is 0 Å². The SMILES string of the molecule is CC(Cc1ccoc1)NS(=O)(=O)c1ccc(C(C)C)cc1. The predicted octanol–water partition coefficient (Wildman–Crippen LogP) is 3.31. The van der Waals surface area contributed by atoms with Crippen molar-refractivity contribution in [3.8, 4) is 0 Å². The van der Waals surface area contributed by atoms with E-state index in [0.29, 0.717) is 17.2 Å². The fourth-order valence-electron chi connectivity index (χ4n) is 2.17. The van der Waals surface area contributed by atoms with E-state index in [1.54, 1.807) is 24.7 Å². The Morgan fingerprint density at radius 3 is 2.29 bits per heavy atom. The Bertz CT molecular complexity index is 658. The van der Waals surface area contributed by atoms with E-state index in [0.717, 1.165) is 11.1 Å². The molecule has 114 valence electrons. The summed E-state index contributed by atoms with van der Waals surface area (Å²) in [6.07, 6.45) is 3.81. The molecule has 0 aliphatic carbocycles. The van der Waals surface area contributed by atoms with Crippen molar-refractivity contribution in [2.45, 2.75) is 44.0 Å². The molecule has 4 nitrogen and oxygen atoms in total. The highest BCUT2D eigenvalue weighted by atomic mass is 32.2. The third-order valence-electron chi connectivity index (χ3n) is 3.34. The Morgan fingerprint density at radius 1 is 1.10 bits per heavy atom. The first kappa shape index (κ1) is 15.8. The molecule has 1 aromatic heterocycles. The second-order valence-corrected chi connectivity index (χ2v) is 7.30. The zero-order chi connectivity index (χ0) is 15.5. The highest BCUT2D eigenvalue weighted by molar-refractivity contribution is 7.89. The lowest BCUT2D eigenvalue weighted by Gasteiger charge is -2.14. The zero-order valence-electron chi connectivity index (χ0n) is 12.5. The number of nitrogens with one attached hydrogen (secondary N) is 1. The van der Waals surface area contributed by atoms with Gasteiger partial charge in [0.05, 0.1) is 17.4 Å². The maximum absolute atomic E-state index is 12.3. The minimum atomic E-state index is -3.49. The summed E-state index contributed by atoms with van der Waals surface area (Å²) in [5.41, 5.74) is 2.10. The highest BCUT2D eigenvalue weighted by Crippen LogP contribution is 2.17. The molecule has 21 heavy (non-hydrogen) atoms. The number of benzene rings is 1. The third kappa shape index (κ3) is 4.19. The highest BCUT2D eigenvalue weighted by Gasteiger charge is 2.18. The van der Waals surface area contributed by atoms with Crippen LogP contribution < -0.4 is 4.72 Å². The van der Waals surface area contributed by atoms with Crippen LogP contribution in [0.3, 0.4) is 0 Å². The Labute approximate surface area is 126 Å². The molecule has 2 rings (SSSR count). The molecular weight excluding hydrogens is 286 g/mol. The van der Waals surface area contributed by atoms with Crippen LogP contribution in [0.1, 0.15) is 37.8 Å². The molecule has 2 aromatic rings. The van der Waals surface area contributed by atoms with Crippen molar-refractivity contribution < 1.29 is 12.8 Å². The molecular formula is C16H21NO3S. The Hall–Kier alpha value is -1.59.